The zero-order chi connectivity index (χ0) is 22.0. The number of nitrogens with one attached hydrogen (secondary N) is 1. The molecule has 9 heteroatoms. The number of hydrogen-bond donors (Lipinski definition) is 2. The SMILES string of the molecule is CC(C)(C)OC(=O)NCC(=Cc1ccc(C(=O)O)nc1)B1OC(C)(C)C(C)(C)O1. The van der Waals surface area contributed by atoms with Gasteiger partial charge in [-0.2, -0.15) is 0 Å². The van der Waals surface area contributed by atoms with Gasteiger partial charge in [-0.25, -0.2) is 14.6 Å². The predicted molar refractivity (Wildman–Crippen MR) is 109 cm³/mol. The minimum absolute atomic E-state index is 0.0498. The number of hydrogen-bond acceptors (Lipinski definition) is 6. The molecule has 29 heavy (non-hydrogen) atoms. The van der Waals surface area contributed by atoms with Gasteiger partial charge in [0.1, 0.15) is 11.3 Å². The molecular weight excluding hydrogens is 375 g/mol. The van der Waals surface area contributed by atoms with Crippen molar-refractivity contribution >= 4 is 25.3 Å². The molecule has 8 nitrogen and oxygen atoms in total. The van der Waals surface area contributed by atoms with E-state index in [-0.39, 0.29) is 12.2 Å². The molecule has 1 aromatic rings. The van der Waals surface area contributed by atoms with Gasteiger partial charge in [0.15, 0.2) is 0 Å². The van der Waals surface area contributed by atoms with Crippen LogP contribution in [0.25, 0.3) is 6.08 Å². The summed E-state index contributed by atoms with van der Waals surface area (Å²) < 4.78 is 17.5. The zero-order valence-electron chi connectivity index (χ0n) is 18.0. The number of carboxylic acid groups (broad SMARTS) is 1. The van der Waals surface area contributed by atoms with Gasteiger partial charge in [0.2, 0.25) is 0 Å². The second kappa shape index (κ2) is 8.16. The number of amides is 1. The molecule has 2 heterocycles. The number of nitrogens with zero attached hydrogens (tertiary/aromatic N) is 1. The lowest BCUT2D eigenvalue weighted by Crippen LogP contribution is -2.41. The van der Waals surface area contributed by atoms with E-state index in [0.717, 1.165) is 0 Å². The number of ether oxygens (including phenoxy) is 1. The van der Waals surface area contributed by atoms with Crippen LogP contribution in [0.3, 0.4) is 0 Å². The summed E-state index contributed by atoms with van der Waals surface area (Å²) in [6.07, 6.45) is 2.65. The number of pyridine rings is 1. The molecule has 0 saturated carbocycles. The lowest BCUT2D eigenvalue weighted by atomic mass is 9.77. The third-order valence-corrected chi connectivity index (χ3v) is 4.75. The van der Waals surface area contributed by atoms with Crippen LogP contribution in [-0.2, 0) is 14.0 Å². The summed E-state index contributed by atoms with van der Waals surface area (Å²) in [5, 5.41) is 11.7. The van der Waals surface area contributed by atoms with Crippen molar-refractivity contribution in [3.05, 3.63) is 35.1 Å². The van der Waals surface area contributed by atoms with Crippen LogP contribution < -0.4 is 5.32 Å². The van der Waals surface area contributed by atoms with Crippen LogP contribution in [0.1, 0.15) is 64.5 Å². The Balaban J connectivity index is 2.26. The van der Waals surface area contributed by atoms with Crippen molar-refractivity contribution in [2.45, 2.75) is 65.3 Å². The number of carbonyl (C=O) groups is 2. The van der Waals surface area contributed by atoms with Crippen molar-refractivity contribution < 1.29 is 28.7 Å². The summed E-state index contributed by atoms with van der Waals surface area (Å²) >= 11 is 0. The highest BCUT2D eigenvalue weighted by Gasteiger charge is 2.52. The normalized spacial score (nSPS) is 18.4. The number of carbonyl (C=O) groups excluding carboxylic acids is 1. The van der Waals surface area contributed by atoms with E-state index in [2.05, 4.69) is 10.3 Å². The molecule has 1 amide bonds. The van der Waals surface area contributed by atoms with E-state index in [9.17, 15) is 9.59 Å². The minimum atomic E-state index is -1.10. The fourth-order valence-electron chi connectivity index (χ4n) is 2.52. The number of carboxylic acids is 1. The minimum Gasteiger partial charge on any atom is -0.477 e. The molecule has 2 N–H and O–H groups in total. The van der Waals surface area contributed by atoms with E-state index in [0.29, 0.717) is 11.0 Å². The average Bonchev–Trinajstić information content (AvgIpc) is 2.78. The topological polar surface area (TPSA) is 107 Å². The third kappa shape index (κ3) is 6.04. The molecule has 0 aromatic carbocycles. The third-order valence-electron chi connectivity index (χ3n) is 4.75. The van der Waals surface area contributed by atoms with Crippen LogP contribution in [0.15, 0.2) is 23.8 Å². The molecule has 1 fully saturated rings. The zero-order valence-corrected chi connectivity index (χ0v) is 18.0. The fourth-order valence-corrected chi connectivity index (χ4v) is 2.52. The first-order valence-corrected chi connectivity index (χ1v) is 9.42. The fraction of sp³-hybridized carbons (Fsp3) is 0.550. The molecule has 1 saturated heterocycles. The van der Waals surface area contributed by atoms with E-state index >= 15 is 0 Å². The Labute approximate surface area is 171 Å². The summed E-state index contributed by atoms with van der Waals surface area (Å²) in [4.78, 5) is 27.0. The second-order valence-corrected chi connectivity index (χ2v) is 8.94. The van der Waals surface area contributed by atoms with E-state index in [1.54, 1.807) is 32.9 Å². The lowest BCUT2D eigenvalue weighted by molar-refractivity contribution is 0.00578. The molecule has 0 bridgehead atoms. The van der Waals surface area contributed by atoms with Crippen LogP contribution in [0.2, 0.25) is 0 Å². The Morgan fingerprint density at radius 1 is 1.21 bits per heavy atom. The van der Waals surface area contributed by atoms with Crippen molar-refractivity contribution in [2.24, 2.45) is 0 Å². The Hall–Kier alpha value is -2.39. The van der Waals surface area contributed by atoms with Crippen molar-refractivity contribution in [2.75, 3.05) is 6.54 Å². The summed E-state index contributed by atoms with van der Waals surface area (Å²) in [6.45, 7) is 13.2. The van der Waals surface area contributed by atoms with Gasteiger partial charge >= 0.3 is 19.2 Å². The average molecular weight is 404 g/mol. The maximum atomic E-state index is 12.1. The Morgan fingerprint density at radius 2 is 1.79 bits per heavy atom. The van der Waals surface area contributed by atoms with Crippen LogP contribution in [0, 0.1) is 0 Å². The van der Waals surface area contributed by atoms with Crippen LogP contribution >= 0.6 is 0 Å². The summed E-state index contributed by atoms with van der Waals surface area (Å²) in [5.74, 6) is -1.10. The predicted octanol–water partition coefficient (Wildman–Crippen LogP) is 3.32. The van der Waals surface area contributed by atoms with Crippen LogP contribution in [0.5, 0.6) is 0 Å². The Kier molecular flexibility index (Phi) is 6.44. The van der Waals surface area contributed by atoms with Gasteiger partial charge in [0.05, 0.1) is 11.2 Å². The first kappa shape index (κ1) is 22.9. The summed E-state index contributed by atoms with van der Waals surface area (Å²) in [6, 6.07) is 3.05. The molecule has 0 spiro atoms. The maximum absolute atomic E-state index is 12.1. The van der Waals surface area contributed by atoms with Crippen molar-refractivity contribution in [1.29, 1.82) is 0 Å². The number of alkyl carbamates (subject to hydrolysis) is 1. The standard InChI is InChI=1S/C20H29BN2O6/c1-18(2,3)27-17(26)23-12-14(21-28-19(4,5)20(6,7)29-21)10-13-8-9-15(16(24)25)22-11-13/h8-11H,12H2,1-7H3,(H,23,26)(H,24,25). The second-order valence-electron chi connectivity index (χ2n) is 8.94. The lowest BCUT2D eigenvalue weighted by Gasteiger charge is -2.32. The number of aromatic carboxylic acids is 1. The quantitative estimate of drug-likeness (QED) is 0.725. The smallest absolute Gasteiger partial charge is 0.477 e. The molecule has 0 radical (unpaired) electrons. The van der Waals surface area contributed by atoms with E-state index in [1.165, 1.54) is 12.3 Å². The molecule has 1 aromatic heterocycles. The highest BCUT2D eigenvalue weighted by Crippen LogP contribution is 2.38. The van der Waals surface area contributed by atoms with E-state index < -0.39 is 36.0 Å². The van der Waals surface area contributed by atoms with Gasteiger partial charge in [-0.05, 0) is 65.6 Å². The van der Waals surface area contributed by atoms with Gasteiger partial charge in [-0.1, -0.05) is 12.1 Å². The largest absolute Gasteiger partial charge is 0.492 e. The highest BCUT2D eigenvalue weighted by atomic mass is 16.7. The van der Waals surface area contributed by atoms with Gasteiger partial charge < -0.3 is 24.5 Å². The monoisotopic (exact) mass is 404 g/mol. The van der Waals surface area contributed by atoms with Crippen molar-refractivity contribution in [1.82, 2.24) is 10.3 Å². The molecule has 0 unspecified atom stereocenters. The molecular formula is C20H29BN2O6. The van der Waals surface area contributed by atoms with E-state index in [1.807, 2.05) is 27.7 Å². The maximum Gasteiger partial charge on any atom is 0.492 e. The van der Waals surface area contributed by atoms with Crippen LogP contribution in [0.4, 0.5) is 4.79 Å². The first-order chi connectivity index (χ1) is 13.2. The van der Waals surface area contributed by atoms with Crippen molar-refractivity contribution in [3.63, 3.8) is 0 Å². The number of rotatable bonds is 5. The molecule has 1 aliphatic rings. The Bertz CT molecular complexity index is 780. The summed E-state index contributed by atoms with van der Waals surface area (Å²) in [7, 11) is -0.686. The van der Waals surface area contributed by atoms with E-state index in [4.69, 9.17) is 19.2 Å². The summed E-state index contributed by atoms with van der Waals surface area (Å²) in [5.41, 5.74) is -0.451. The molecule has 1 aliphatic heterocycles. The van der Waals surface area contributed by atoms with Crippen molar-refractivity contribution in [3.8, 4) is 0 Å². The number of aromatic nitrogens is 1. The highest BCUT2D eigenvalue weighted by molar-refractivity contribution is 6.56. The molecule has 158 valence electrons. The Morgan fingerprint density at radius 3 is 2.24 bits per heavy atom. The van der Waals surface area contributed by atoms with Gasteiger partial charge in [0.25, 0.3) is 0 Å². The molecule has 0 aliphatic carbocycles. The molecule has 0 atom stereocenters. The van der Waals surface area contributed by atoms with Gasteiger partial charge in [0, 0.05) is 12.7 Å². The first-order valence-electron chi connectivity index (χ1n) is 9.42. The molecule has 2 rings (SSSR count). The van der Waals surface area contributed by atoms with Crippen LogP contribution in [-0.4, -0.2) is 52.6 Å². The van der Waals surface area contributed by atoms with Gasteiger partial charge in [-0.3, -0.25) is 0 Å². The van der Waals surface area contributed by atoms with Gasteiger partial charge in [-0.15, -0.1) is 0 Å².